The number of amides is 1. The maximum atomic E-state index is 11.8. The molecule has 0 N–H and O–H groups in total. The Labute approximate surface area is 98.1 Å². The molecule has 1 amide bonds. The number of likely N-dealkylation sites (tertiary alicyclic amines) is 1. The zero-order chi connectivity index (χ0) is 12.0. The van der Waals surface area contributed by atoms with Gasteiger partial charge in [-0.05, 0) is 39.5 Å². The van der Waals surface area contributed by atoms with Gasteiger partial charge in [0, 0.05) is 18.5 Å². The van der Waals surface area contributed by atoms with Crippen molar-refractivity contribution < 1.29 is 9.53 Å². The summed E-state index contributed by atoms with van der Waals surface area (Å²) < 4.78 is 5.36. The largest absolute Gasteiger partial charge is 0.444 e. The van der Waals surface area contributed by atoms with Crippen molar-refractivity contribution in [3.8, 4) is 0 Å². The van der Waals surface area contributed by atoms with Crippen LogP contribution in [-0.2, 0) is 4.74 Å². The van der Waals surface area contributed by atoms with Crippen LogP contribution in [0.25, 0.3) is 0 Å². The second-order valence-corrected chi connectivity index (χ2v) is 6.68. The van der Waals surface area contributed by atoms with E-state index in [9.17, 15) is 4.79 Å². The number of carbonyl (C=O) groups is 1. The number of nitrogens with zero attached hydrogens (tertiary/aromatic N) is 1. The first-order chi connectivity index (χ1) is 7.30. The summed E-state index contributed by atoms with van der Waals surface area (Å²) >= 11 is 0. The smallest absolute Gasteiger partial charge is 0.410 e. The first-order valence-corrected chi connectivity index (χ1v) is 6.28. The van der Waals surface area contributed by atoms with E-state index in [0.717, 1.165) is 19.0 Å². The fourth-order valence-corrected chi connectivity index (χ4v) is 3.00. The fraction of sp³-hybridized carbons (Fsp3) is 0.923. The quantitative estimate of drug-likeness (QED) is 0.634. The highest BCUT2D eigenvalue weighted by Gasteiger charge is 2.49. The first kappa shape index (κ1) is 11.7. The van der Waals surface area contributed by atoms with E-state index in [4.69, 9.17) is 4.74 Å². The van der Waals surface area contributed by atoms with Gasteiger partial charge in [-0.25, -0.2) is 4.79 Å². The molecule has 1 saturated heterocycles. The lowest BCUT2D eigenvalue weighted by atomic mass is 9.78. The Morgan fingerprint density at radius 3 is 2.44 bits per heavy atom. The average molecular weight is 225 g/mol. The van der Waals surface area contributed by atoms with Gasteiger partial charge in [0.15, 0.2) is 0 Å². The van der Waals surface area contributed by atoms with E-state index < -0.39 is 0 Å². The normalized spacial score (nSPS) is 28.0. The van der Waals surface area contributed by atoms with Crippen LogP contribution in [0.2, 0.25) is 0 Å². The third-order valence-corrected chi connectivity index (χ3v) is 3.65. The molecular formula is C13H23NO2. The van der Waals surface area contributed by atoms with E-state index in [0.29, 0.717) is 5.41 Å². The third kappa shape index (κ3) is 2.33. The third-order valence-electron chi connectivity index (χ3n) is 3.65. The minimum absolute atomic E-state index is 0.141. The predicted octanol–water partition coefficient (Wildman–Crippen LogP) is 3.04. The van der Waals surface area contributed by atoms with Gasteiger partial charge in [-0.3, -0.25) is 0 Å². The van der Waals surface area contributed by atoms with E-state index in [1.54, 1.807) is 0 Å². The van der Waals surface area contributed by atoms with Gasteiger partial charge < -0.3 is 9.64 Å². The summed E-state index contributed by atoms with van der Waals surface area (Å²) in [5, 5.41) is 0. The van der Waals surface area contributed by atoms with Crippen molar-refractivity contribution in [2.75, 3.05) is 13.1 Å². The molecule has 0 radical (unpaired) electrons. The minimum Gasteiger partial charge on any atom is -0.444 e. The summed E-state index contributed by atoms with van der Waals surface area (Å²) in [6.45, 7) is 9.87. The molecule has 2 fully saturated rings. The van der Waals surface area contributed by atoms with E-state index >= 15 is 0 Å². The molecule has 1 aliphatic carbocycles. The van der Waals surface area contributed by atoms with Crippen molar-refractivity contribution in [2.24, 2.45) is 11.3 Å². The highest BCUT2D eigenvalue weighted by Crippen LogP contribution is 2.48. The molecule has 1 heterocycles. The monoisotopic (exact) mass is 225 g/mol. The molecule has 0 aromatic heterocycles. The van der Waals surface area contributed by atoms with E-state index in [1.807, 2.05) is 25.7 Å². The average Bonchev–Trinajstić information content (AvgIpc) is 2.41. The van der Waals surface area contributed by atoms with Crippen molar-refractivity contribution in [1.29, 1.82) is 0 Å². The van der Waals surface area contributed by atoms with Gasteiger partial charge in [0.2, 0.25) is 0 Å². The van der Waals surface area contributed by atoms with Crippen molar-refractivity contribution >= 4 is 6.09 Å². The summed E-state index contributed by atoms with van der Waals surface area (Å²) in [5.41, 5.74) is 0.0686. The Kier molecular flexibility index (Phi) is 2.67. The number of ether oxygens (including phenoxy) is 1. The van der Waals surface area contributed by atoms with Crippen LogP contribution in [0.1, 0.15) is 47.0 Å². The molecule has 3 nitrogen and oxygen atoms in total. The van der Waals surface area contributed by atoms with Crippen molar-refractivity contribution in [1.82, 2.24) is 4.90 Å². The molecule has 3 heteroatoms. The van der Waals surface area contributed by atoms with Crippen LogP contribution in [0.4, 0.5) is 4.79 Å². The van der Waals surface area contributed by atoms with Crippen LogP contribution in [0.15, 0.2) is 0 Å². The second-order valence-electron chi connectivity index (χ2n) is 6.68. The van der Waals surface area contributed by atoms with Crippen LogP contribution < -0.4 is 0 Å². The Bertz CT molecular complexity index is 287. The molecular weight excluding hydrogens is 202 g/mol. The Morgan fingerprint density at radius 1 is 1.38 bits per heavy atom. The second kappa shape index (κ2) is 3.64. The van der Waals surface area contributed by atoms with Gasteiger partial charge in [0.1, 0.15) is 5.60 Å². The highest BCUT2D eigenvalue weighted by atomic mass is 16.6. The molecule has 1 atom stereocenters. The summed E-state index contributed by atoms with van der Waals surface area (Å²) in [6.07, 6.45) is 3.75. The summed E-state index contributed by atoms with van der Waals surface area (Å²) in [6, 6.07) is 0. The summed E-state index contributed by atoms with van der Waals surface area (Å²) in [7, 11) is 0. The van der Waals surface area contributed by atoms with Gasteiger partial charge in [-0.1, -0.05) is 13.3 Å². The molecule has 2 aliphatic rings. The van der Waals surface area contributed by atoms with Crippen LogP contribution in [-0.4, -0.2) is 29.7 Å². The molecule has 1 spiro atoms. The molecule has 2 rings (SSSR count). The molecule has 0 bridgehead atoms. The number of hydrogen-bond donors (Lipinski definition) is 0. The number of hydrogen-bond acceptors (Lipinski definition) is 2. The first-order valence-electron chi connectivity index (χ1n) is 6.28. The minimum atomic E-state index is -0.372. The van der Waals surface area contributed by atoms with Crippen molar-refractivity contribution in [2.45, 2.75) is 52.6 Å². The van der Waals surface area contributed by atoms with E-state index in [-0.39, 0.29) is 11.7 Å². The van der Waals surface area contributed by atoms with Crippen molar-refractivity contribution in [3.63, 3.8) is 0 Å². The Hall–Kier alpha value is -0.730. The van der Waals surface area contributed by atoms with Gasteiger partial charge >= 0.3 is 6.09 Å². The molecule has 92 valence electrons. The topological polar surface area (TPSA) is 29.5 Å². The molecule has 1 aliphatic heterocycles. The molecule has 0 aromatic carbocycles. The van der Waals surface area contributed by atoms with Crippen LogP contribution in [0.3, 0.4) is 0 Å². The molecule has 0 aromatic rings. The maximum Gasteiger partial charge on any atom is 0.410 e. The zero-order valence-corrected chi connectivity index (χ0v) is 10.9. The van der Waals surface area contributed by atoms with Crippen LogP contribution in [0, 0.1) is 11.3 Å². The van der Waals surface area contributed by atoms with Gasteiger partial charge in [-0.2, -0.15) is 0 Å². The van der Waals surface area contributed by atoms with Gasteiger partial charge in [0.05, 0.1) is 0 Å². The maximum absolute atomic E-state index is 11.8. The number of carbonyl (C=O) groups excluding carboxylic acids is 1. The zero-order valence-electron chi connectivity index (χ0n) is 10.9. The molecule has 16 heavy (non-hydrogen) atoms. The van der Waals surface area contributed by atoms with E-state index in [1.165, 1.54) is 19.3 Å². The SMILES string of the molecule is C[C@H]1CCC2(C1)CN(C(=O)OC(C)(C)C)C2. The van der Waals surface area contributed by atoms with Crippen molar-refractivity contribution in [3.05, 3.63) is 0 Å². The van der Waals surface area contributed by atoms with Gasteiger partial charge in [0.25, 0.3) is 0 Å². The predicted molar refractivity (Wildman–Crippen MR) is 63.3 cm³/mol. The number of rotatable bonds is 0. The summed E-state index contributed by atoms with van der Waals surface area (Å²) in [4.78, 5) is 13.6. The highest BCUT2D eigenvalue weighted by molar-refractivity contribution is 5.69. The fourth-order valence-electron chi connectivity index (χ4n) is 3.00. The molecule has 1 saturated carbocycles. The molecule has 0 unspecified atom stereocenters. The van der Waals surface area contributed by atoms with Gasteiger partial charge in [-0.15, -0.1) is 0 Å². The Balaban J connectivity index is 1.82. The van der Waals surface area contributed by atoms with E-state index in [2.05, 4.69) is 6.92 Å². The lowest BCUT2D eigenvalue weighted by molar-refractivity contribution is -0.0330. The lowest BCUT2D eigenvalue weighted by Crippen LogP contribution is -2.58. The summed E-state index contributed by atoms with van der Waals surface area (Å²) in [5.74, 6) is 0.834. The van der Waals surface area contributed by atoms with Crippen LogP contribution >= 0.6 is 0 Å². The lowest BCUT2D eigenvalue weighted by Gasteiger charge is -2.48. The Morgan fingerprint density at radius 2 is 2.00 bits per heavy atom. The van der Waals surface area contributed by atoms with Crippen LogP contribution in [0.5, 0.6) is 0 Å². The standard InChI is InChI=1S/C13H23NO2/c1-10-5-6-13(7-10)8-14(9-13)11(15)16-12(2,3)4/h10H,5-9H2,1-4H3/t10-/m0/s1.